The molecule has 8 heteroatoms. The van der Waals surface area contributed by atoms with Crippen molar-refractivity contribution in [3.63, 3.8) is 0 Å². The Morgan fingerprint density at radius 3 is 2.52 bits per heavy atom. The topological polar surface area (TPSA) is 81.8 Å². The van der Waals surface area contributed by atoms with Crippen LogP contribution in [-0.2, 0) is 0 Å². The zero-order valence-corrected chi connectivity index (χ0v) is 17.5. The number of rotatable bonds is 5. The smallest absolute Gasteiger partial charge is 0.229 e. The van der Waals surface area contributed by atoms with Crippen molar-refractivity contribution in [1.82, 2.24) is 24.9 Å². The van der Waals surface area contributed by atoms with Crippen LogP contribution in [0.5, 0.6) is 5.88 Å². The second-order valence-electron chi connectivity index (χ2n) is 7.91. The summed E-state index contributed by atoms with van der Waals surface area (Å²) < 4.78 is 5.27. The molecule has 0 amide bonds. The molecular formula is C21H28N6O2. The highest BCUT2D eigenvalue weighted by molar-refractivity contribution is 5.89. The molecule has 0 unspecified atom stereocenters. The lowest BCUT2D eigenvalue weighted by Gasteiger charge is -2.35. The number of aryl methyl sites for hydroxylation is 2. The lowest BCUT2D eigenvalue weighted by atomic mass is 10.0. The van der Waals surface area contributed by atoms with E-state index in [4.69, 9.17) is 9.51 Å². The predicted octanol–water partition coefficient (Wildman–Crippen LogP) is 2.29. The third-order valence-electron chi connectivity index (χ3n) is 5.50. The third-order valence-corrected chi connectivity index (χ3v) is 5.50. The van der Waals surface area contributed by atoms with Gasteiger partial charge in [-0.2, -0.15) is 4.98 Å². The van der Waals surface area contributed by atoms with Crippen molar-refractivity contribution in [2.45, 2.75) is 13.8 Å². The van der Waals surface area contributed by atoms with E-state index in [1.165, 1.54) is 0 Å². The first-order chi connectivity index (χ1) is 13.9. The summed E-state index contributed by atoms with van der Waals surface area (Å²) in [5, 5.41) is 15.3. The summed E-state index contributed by atoms with van der Waals surface area (Å²) in [6.07, 6.45) is 0. The highest BCUT2D eigenvalue weighted by Crippen LogP contribution is 2.32. The summed E-state index contributed by atoms with van der Waals surface area (Å²) in [7, 11) is 4.19. The third kappa shape index (κ3) is 4.04. The number of piperazine rings is 1. The molecule has 3 aromatic rings. The maximum absolute atomic E-state index is 10.6. The van der Waals surface area contributed by atoms with Crippen LogP contribution in [0.15, 0.2) is 22.7 Å². The molecule has 1 fully saturated rings. The van der Waals surface area contributed by atoms with Crippen LogP contribution >= 0.6 is 0 Å². The monoisotopic (exact) mass is 396 g/mol. The SMILES string of the molecule is Cc1noc(C)c1-c1ccc2nc(N3CCN(CCN(C)C)CC3)nc(O)c2c1. The molecular weight excluding hydrogens is 368 g/mol. The van der Waals surface area contributed by atoms with E-state index < -0.39 is 0 Å². The van der Waals surface area contributed by atoms with Gasteiger partial charge in [-0.05, 0) is 45.6 Å². The zero-order chi connectivity index (χ0) is 20.5. The molecule has 4 rings (SSSR count). The number of hydrogen-bond acceptors (Lipinski definition) is 8. The van der Waals surface area contributed by atoms with Crippen molar-refractivity contribution in [2.75, 3.05) is 58.3 Å². The van der Waals surface area contributed by atoms with Crippen LogP contribution in [0.2, 0.25) is 0 Å². The Balaban J connectivity index is 1.55. The number of hydrogen-bond donors (Lipinski definition) is 1. The van der Waals surface area contributed by atoms with Crippen molar-refractivity contribution in [3.8, 4) is 17.0 Å². The molecule has 29 heavy (non-hydrogen) atoms. The second-order valence-corrected chi connectivity index (χ2v) is 7.91. The van der Waals surface area contributed by atoms with E-state index in [1.54, 1.807) is 0 Å². The molecule has 0 bridgehead atoms. The quantitative estimate of drug-likeness (QED) is 0.704. The first-order valence-electron chi connectivity index (χ1n) is 9.98. The Hall–Kier alpha value is -2.71. The Labute approximate surface area is 170 Å². The molecule has 8 nitrogen and oxygen atoms in total. The van der Waals surface area contributed by atoms with E-state index in [0.29, 0.717) is 11.3 Å². The van der Waals surface area contributed by atoms with Gasteiger partial charge < -0.3 is 19.4 Å². The van der Waals surface area contributed by atoms with E-state index in [1.807, 2.05) is 32.0 Å². The average Bonchev–Trinajstić information content (AvgIpc) is 3.04. The van der Waals surface area contributed by atoms with Crippen LogP contribution < -0.4 is 4.90 Å². The molecule has 1 aliphatic heterocycles. The van der Waals surface area contributed by atoms with E-state index in [-0.39, 0.29) is 5.88 Å². The first-order valence-corrected chi connectivity index (χ1v) is 9.98. The lowest BCUT2D eigenvalue weighted by Crippen LogP contribution is -2.48. The summed E-state index contributed by atoms with van der Waals surface area (Å²) in [6.45, 7) is 9.58. The fraction of sp³-hybridized carbons (Fsp3) is 0.476. The molecule has 0 saturated carbocycles. The summed E-state index contributed by atoms with van der Waals surface area (Å²) in [4.78, 5) is 15.9. The fourth-order valence-electron chi connectivity index (χ4n) is 3.81. The molecule has 1 N–H and O–H groups in total. The van der Waals surface area contributed by atoms with Crippen LogP contribution in [0.4, 0.5) is 5.95 Å². The second kappa shape index (κ2) is 7.96. The summed E-state index contributed by atoms with van der Waals surface area (Å²) in [6, 6.07) is 5.82. The molecule has 154 valence electrons. The van der Waals surface area contributed by atoms with Crippen LogP contribution in [0.25, 0.3) is 22.0 Å². The Morgan fingerprint density at radius 1 is 1.10 bits per heavy atom. The Kier molecular flexibility index (Phi) is 5.38. The van der Waals surface area contributed by atoms with Gasteiger partial charge in [0.1, 0.15) is 5.76 Å². The van der Waals surface area contributed by atoms with Gasteiger partial charge in [-0.25, -0.2) is 4.98 Å². The number of aromatic nitrogens is 3. The first kappa shape index (κ1) is 19.6. The minimum Gasteiger partial charge on any atom is -0.493 e. The van der Waals surface area contributed by atoms with Gasteiger partial charge in [-0.3, -0.25) is 4.90 Å². The average molecular weight is 396 g/mol. The summed E-state index contributed by atoms with van der Waals surface area (Å²) in [5.41, 5.74) is 3.45. The number of likely N-dealkylation sites (N-methyl/N-ethyl adjacent to an activating group) is 1. The number of benzene rings is 1. The van der Waals surface area contributed by atoms with Gasteiger partial charge in [0, 0.05) is 44.8 Å². The van der Waals surface area contributed by atoms with Crippen LogP contribution in [0.1, 0.15) is 11.5 Å². The van der Waals surface area contributed by atoms with Gasteiger partial charge in [0.25, 0.3) is 0 Å². The van der Waals surface area contributed by atoms with E-state index in [2.05, 4.69) is 38.9 Å². The Bertz CT molecular complexity index is 988. The molecule has 1 aromatic carbocycles. The fourth-order valence-corrected chi connectivity index (χ4v) is 3.81. The predicted molar refractivity (Wildman–Crippen MR) is 113 cm³/mol. The minimum absolute atomic E-state index is 0.00801. The molecule has 0 atom stereocenters. The van der Waals surface area contributed by atoms with Crippen molar-refractivity contribution in [2.24, 2.45) is 0 Å². The summed E-state index contributed by atoms with van der Waals surface area (Å²) >= 11 is 0. The maximum Gasteiger partial charge on any atom is 0.229 e. The largest absolute Gasteiger partial charge is 0.493 e. The van der Waals surface area contributed by atoms with Gasteiger partial charge in [-0.1, -0.05) is 11.2 Å². The van der Waals surface area contributed by atoms with E-state index in [9.17, 15) is 5.11 Å². The van der Waals surface area contributed by atoms with Gasteiger partial charge in [0.15, 0.2) is 0 Å². The van der Waals surface area contributed by atoms with Crippen molar-refractivity contribution < 1.29 is 9.63 Å². The summed E-state index contributed by atoms with van der Waals surface area (Å²) in [5.74, 6) is 1.35. The molecule has 0 spiro atoms. The standard InChI is InChI=1S/C21H28N6O2/c1-14-19(15(2)29-24-14)16-5-6-18-17(13-16)20(28)23-21(22-18)27-11-9-26(10-12-27)8-7-25(3)4/h5-6,13H,7-12H2,1-4H3,(H,22,23,28). The Morgan fingerprint density at radius 2 is 1.86 bits per heavy atom. The molecule has 3 heterocycles. The molecule has 2 aromatic heterocycles. The normalized spacial score (nSPS) is 15.6. The number of fused-ring (bicyclic) bond motifs is 1. The van der Waals surface area contributed by atoms with Crippen LogP contribution in [0, 0.1) is 13.8 Å². The van der Waals surface area contributed by atoms with Crippen LogP contribution in [0.3, 0.4) is 0 Å². The maximum atomic E-state index is 10.6. The van der Waals surface area contributed by atoms with Gasteiger partial charge in [0.05, 0.1) is 16.6 Å². The molecule has 0 aliphatic carbocycles. The van der Waals surface area contributed by atoms with Crippen molar-refractivity contribution in [3.05, 3.63) is 29.7 Å². The van der Waals surface area contributed by atoms with Crippen molar-refractivity contribution in [1.29, 1.82) is 0 Å². The lowest BCUT2D eigenvalue weighted by molar-refractivity contribution is 0.228. The minimum atomic E-state index is 0.00801. The van der Waals surface area contributed by atoms with E-state index >= 15 is 0 Å². The van der Waals surface area contributed by atoms with Crippen molar-refractivity contribution >= 4 is 16.9 Å². The highest BCUT2D eigenvalue weighted by Gasteiger charge is 2.21. The number of anilines is 1. The zero-order valence-electron chi connectivity index (χ0n) is 17.5. The molecule has 1 saturated heterocycles. The number of nitrogens with zero attached hydrogens (tertiary/aromatic N) is 6. The van der Waals surface area contributed by atoms with Gasteiger partial charge >= 0.3 is 0 Å². The molecule has 1 aliphatic rings. The molecule has 0 radical (unpaired) electrons. The van der Waals surface area contributed by atoms with Gasteiger partial charge in [-0.15, -0.1) is 0 Å². The number of aromatic hydroxyl groups is 1. The van der Waals surface area contributed by atoms with Crippen LogP contribution in [-0.4, -0.2) is 83.4 Å². The van der Waals surface area contributed by atoms with E-state index in [0.717, 1.165) is 67.4 Å². The van der Waals surface area contributed by atoms with Gasteiger partial charge in [0.2, 0.25) is 11.8 Å². The highest BCUT2D eigenvalue weighted by atomic mass is 16.5.